The van der Waals surface area contributed by atoms with Crippen LogP contribution >= 0.6 is 11.3 Å². The predicted octanol–water partition coefficient (Wildman–Crippen LogP) is 3.55. The second kappa shape index (κ2) is 9.01. The van der Waals surface area contributed by atoms with E-state index in [1.54, 1.807) is 13.8 Å². The molecule has 1 fully saturated rings. The van der Waals surface area contributed by atoms with Crippen molar-refractivity contribution in [2.24, 2.45) is 5.92 Å². The molecule has 1 aliphatic carbocycles. The van der Waals surface area contributed by atoms with E-state index in [9.17, 15) is 14.4 Å². The van der Waals surface area contributed by atoms with Crippen LogP contribution in [0.5, 0.6) is 0 Å². The number of carbonyl (C=O) groups excluding carboxylic acids is 3. The number of carbonyl (C=O) groups is 3. The van der Waals surface area contributed by atoms with Gasteiger partial charge in [0.15, 0.2) is 0 Å². The maximum Gasteiger partial charge on any atom is 0.341 e. The molecule has 0 atom stereocenters. The quantitative estimate of drug-likeness (QED) is 0.664. The lowest BCUT2D eigenvalue weighted by Gasteiger charge is -2.06. The molecule has 6 nitrogen and oxygen atoms in total. The lowest BCUT2D eigenvalue weighted by molar-refractivity contribution is -0.117. The fraction of sp³-hybridized carbons (Fsp3) is 0.381. The van der Waals surface area contributed by atoms with Crippen molar-refractivity contribution in [3.8, 4) is 0 Å². The fourth-order valence-electron chi connectivity index (χ4n) is 2.87. The third-order valence-corrected chi connectivity index (χ3v) is 5.77. The van der Waals surface area contributed by atoms with Gasteiger partial charge in [-0.15, -0.1) is 11.3 Å². The van der Waals surface area contributed by atoms with Crippen LogP contribution in [-0.4, -0.2) is 30.9 Å². The molecule has 0 spiro atoms. The average molecular weight is 401 g/mol. The summed E-state index contributed by atoms with van der Waals surface area (Å²) < 4.78 is 5.12. The third-order valence-electron chi connectivity index (χ3n) is 4.56. The second-order valence-corrected chi connectivity index (χ2v) is 7.76. The number of anilines is 1. The largest absolute Gasteiger partial charge is 0.462 e. The minimum atomic E-state index is -0.523. The van der Waals surface area contributed by atoms with Crippen molar-refractivity contribution in [3.63, 3.8) is 0 Å². The first kappa shape index (κ1) is 20.1. The summed E-state index contributed by atoms with van der Waals surface area (Å²) in [7, 11) is 0. The van der Waals surface area contributed by atoms with Gasteiger partial charge in [-0.05, 0) is 44.2 Å². The van der Waals surface area contributed by atoms with Crippen LogP contribution in [0.1, 0.15) is 50.9 Å². The zero-order valence-electron chi connectivity index (χ0n) is 16.0. The number of esters is 1. The maximum atomic E-state index is 12.7. The molecule has 1 heterocycles. The molecular weight excluding hydrogens is 376 g/mol. The van der Waals surface area contributed by atoms with E-state index in [0.717, 1.165) is 29.7 Å². The highest BCUT2D eigenvalue weighted by atomic mass is 32.1. The van der Waals surface area contributed by atoms with Gasteiger partial charge in [0, 0.05) is 12.5 Å². The van der Waals surface area contributed by atoms with Crippen molar-refractivity contribution in [2.45, 2.75) is 33.1 Å². The highest BCUT2D eigenvalue weighted by Gasteiger charge is 2.32. The van der Waals surface area contributed by atoms with E-state index in [1.807, 2.05) is 30.3 Å². The van der Waals surface area contributed by atoms with Crippen molar-refractivity contribution < 1.29 is 19.1 Å². The molecule has 2 N–H and O–H groups in total. The first-order valence-electron chi connectivity index (χ1n) is 9.44. The molecule has 28 heavy (non-hydrogen) atoms. The maximum absolute atomic E-state index is 12.7. The van der Waals surface area contributed by atoms with Crippen LogP contribution < -0.4 is 10.6 Å². The number of nitrogens with one attached hydrogen (secondary N) is 2. The zero-order valence-corrected chi connectivity index (χ0v) is 16.9. The van der Waals surface area contributed by atoms with E-state index in [1.165, 1.54) is 0 Å². The number of amides is 2. The molecule has 7 heteroatoms. The number of hydrogen-bond donors (Lipinski definition) is 2. The van der Waals surface area contributed by atoms with Crippen LogP contribution in [0.15, 0.2) is 30.3 Å². The van der Waals surface area contributed by atoms with Gasteiger partial charge in [0.2, 0.25) is 5.91 Å². The Labute approximate surface area is 168 Å². The Kier molecular flexibility index (Phi) is 6.46. The van der Waals surface area contributed by atoms with Crippen molar-refractivity contribution in [2.75, 3.05) is 18.5 Å². The minimum Gasteiger partial charge on any atom is -0.462 e. The Morgan fingerprint density at radius 2 is 1.89 bits per heavy atom. The highest BCUT2D eigenvalue weighted by Crippen LogP contribution is 2.36. The van der Waals surface area contributed by atoms with E-state index >= 15 is 0 Å². The summed E-state index contributed by atoms with van der Waals surface area (Å²) in [5.74, 6) is -0.884. The first-order valence-corrected chi connectivity index (χ1v) is 10.3. The van der Waals surface area contributed by atoms with Crippen LogP contribution in [-0.2, 0) is 16.0 Å². The van der Waals surface area contributed by atoms with E-state index in [0.29, 0.717) is 28.4 Å². The summed E-state index contributed by atoms with van der Waals surface area (Å²) in [6.07, 6.45) is 2.43. The van der Waals surface area contributed by atoms with Crippen LogP contribution in [0.2, 0.25) is 0 Å². The molecule has 0 saturated heterocycles. The molecule has 2 aromatic rings. The Morgan fingerprint density at radius 1 is 1.18 bits per heavy atom. The van der Waals surface area contributed by atoms with Gasteiger partial charge in [0.05, 0.1) is 17.0 Å². The van der Waals surface area contributed by atoms with Crippen molar-refractivity contribution >= 4 is 34.1 Å². The summed E-state index contributed by atoms with van der Waals surface area (Å²) in [6, 6.07) is 9.88. The highest BCUT2D eigenvalue weighted by molar-refractivity contribution is 7.18. The zero-order chi connectivity index (χ0) is 20.1. The van der Waals surface area contributed by atoms with Crippen LogP contribution in [0.25, 0.3) is 0 Å². The molecule has 1 saturated carbocycles. The number of ether oxygens (including phenoxy) is 1. The topological polar surface area (TPSA) is 84.5 Å². The summed E-state index contributed by atoms with van der Waals surface area (Å²) >= 11 is 1.12. The molecule has 1 aliphatic rings. The summed E-state index contributed by atoms with van der Waals surface area (Å²) in [5.41, 5.74) is 1.94. The number of benzene rings is 1. The van der Waals surface area contributed by atoms with Gasteiger partial charge in [0.1, 0.15) is 5.00 Å². The van der Waals surface area contributed by atoms with Crippen LogP contribution in [0.3, 0.4) is 0 Å². The normalized spacial score (nSPS) is 13.1. The van der Waals surface area contributed by atoms with E-state index in [-0.39, 0.29) is 29.9 Å². The molecule has 0 radical (unpaired) electrons. The molecule has 0 bridgehead atoms. The molecule has 2 amide bonds. The second-order valence-electron chi connectivity index (χ2n) is 6.74. The molecule has 0 unspecified atom stereocenters. The SMILES string of the molecule is CCOC(=O)c1c(NC(=O)C2CC2)sc(C(=O)NCCc2ccccc2)c1C. The molecule has 0 aliphatic heterocycles. The van der Waals surface area contributed by atoms with Gasteiger partial charge in [0.25, 0.3) is 5.91 Å². The standard InChI is InChI=1S/C21H24N2O4S/c1-3-27-21(26)16-13(2)17(28-20(16)23-18(24)15-9-10-15)19(25)22-12-11-14-7-5-4-6-8-14/h4-8,15H,3,9-12H2,1-2H3,(H,22,25)(H,23,24). The number of thiophene rings is 1. The van der Waals surface area contributed by atoms with E-state index in [2.05, 4.69) is 10.6 Å². The Balaban J connectivity index is 1.74. The minimum absolute atomic E-state index is 0.000556. The Hall–Kier alpha value is -2.67. The van der Waals surface area contributed by atoms with Gasteiger partial charge >= 0.3 is 5.97 Å². The van der Waals surface area contributed by atoms with Crippen molar-refractivity contribution in [3.05, 3.63) is 51.9 Å². The molecule has 3 rings (SSSR count). The van der Waals surface area contributed by atoms with E-state index < -0.39 is 5.97 Å². The Morgan fingerprint density at radius 3 is 2.54 bits per heavy atom. The monoisotopic (exact) mass is 400 g/mol. The van der Waals surface area contributed by atoms with Gasteiger partial charge in [-0.2, -0.15) is 0 Å². The fourth-order valence-corrected chi connectivity index (χ4v) is 3.99. The number of rotatable bonds is 8. The molecular formula is C21H24N2O4S. The van der Waals surface area contributed by atoms with Crippen LogP contribution in [0.4, 0.5) is 5.00 Å². The van der Waals surface area contributed by atoms with Crippen molar-refractivity contribution in [1.29, 1.82) is 0 Å². The van der Waals surface area contributed by atoms with Gasteiger partial charge in [-0.25, -0.2) is 4.79 Å². The molecule has 1 aromatic heterocycles. The predicted molar refractivity (Wildman–Crippen MR) is 109 cm³/mol. The smallest absolute Gasteiger partial charge is 0.341 e. The van der Waals surface area contributed by atoms with Gasteiger partial charge in [-0.1, -0.05) is 30.3 Å². The first-order chi connectivity index (χ1) is 13.5. The van der Waals surface area contributed by atoms with Gasteiger partial charge in [-0.3, -0.25) is 9.59 Å². The lowest BCUT2D eigenvalue weighted by Crippen LogP contribution is -2.25. The summed E-state index contributed by atoms with van der Waals surface area (Å²) in [6.45, 7) is 4.14. The van der Waals surface area contributed by atoms with Crippen LogP contribution in [0, 0.1) is 12.8 Å². The van der Waals surface area contributed by atoms with E-state index in [4.69, 9.17) is 4.74 Å². The number of hydrogen-bond acceptors (Lipinski definition) is 5. The molecule has 148 valence electrons. The lowest BCUT2D eigenvalue weighted by atomic mass is 10.1. The van der Waals surface area contributed by atoms with Crippen molar-refractivity contribution in [1.82, 2.24) is 5.32 Å². The summed E-state index contributed by atoms with van der Waals surface area (Å²) in [5, 5.41) is 6.09. The average Bonchev–Trinajstić information content (AvgIpc) is 3.47. The molecule has 1 aromatic carbocycles. The third kappa shape index (κ3) is 4.78. The van der Waals surface area contributed by atoms with Gasteiger partial charge < -0.3 is 15.4 Å². The summed E-state index contributed by atoms with van der Waals surface area (Å²) in [4.78, 5) is 37.6. The Bertz CT molecular complexity index is 872.